The molecule has 148 valence electrons. The smallest absolute Gasteiger partial charge is 0.274 e. The Balaban J connectivity index is 1.37. The number of rotatable bonds is 4. The number of aromatic amines is 1. The molecule has 4 fully saturated rings. The molecule has 6 rings (SSSR count). The summed E-state index contributed by atoms with van der Waals surface area (Å²) < 4.78 is 0. The summed E-state index contributed by atoms with van der Waals surface area (Å²) in [7, 11) is 0. The van der Waals surface area contributed by atoms with Crippen molar-refractivity contribution in [2.45, 2.75) is 64.7 Å². The van der Waals surface area contributed by atoms with Gasteiger partial charge in [0, 0.05) is 16.7 Å². The van der Waals surface area contributed by atoms with E-state index in [1.807, 2.05) is 6.92 Å². The second-order valence-electron chi connectivity index (χ2n) is 9.25. The van der Waals surface area contributed by atoms with Crippen molar-refractivity contribution in [1.82, 2.24) is 15.2 Å². The zero-order valence-corrected chi connectivity index (χ0v) is 17.4. The summed E-state index contributed by atoms with van der Waals surface area (Å²) in [5, 5.41) is 13.3. The van der Waals surface area contributed by atoms with E-state index in [1.165, 1.54) is 56.8 Å². The van der Waals surface area contributed by atoms with Crippen LogP contribution in [0.3, 0.4) is 0 Å². The molecule has 4 saturated carbocycles. The van der Waals surface area contributed by atoms with E-state index in [1.54, 1.807) is 6.92 Å². The van der Waals surface area contributed by atoms with Crippen molar-refractivity contribution in [3.05, 3.63) is 27.5 Å². The van der Waals surface area contributed by atoms with Gasteiger partial charge in [0.05, 0.1) is 0 Å². The molecule has 2 heterocycles. The number of anilines is 1. The zero-order chi connectivity index (χ0) is 19.6. The van der Waals surface area contributed by atoms with E-state index in [0.717, 1.165) is 28.5 Å². The fourth-order valence-electron chi connectivity index (χ4n) is 6.53. The maximum Gasteiger partial charge on any atom is 0.274 e. The van der Waals surface area contributed by atoms with E-state index in [2.05, 4.69) is 20.5 Å². The Kier molecular flexibility index (Phi) is 4.02. The van der Waals surface area contributed by atoms with Gasteiger partial charge in [0.25, 0.3) is 5.91 Å². The highest BCUT2D eigenvalue weighted by molar-refractivity contribution is 7.15. The number of nitrogens with one attached hydrogen (secondary N) is 2. The van der Waals surface area contributed by atoms with Crippen molar-refractivity contribution < 1.29 is 9.59 Å². The molecule has 7 heteroatoms. The molecule has 28 heavy (non-hydrogen) atoms. The van der Waals surface area contributed by atoms with E-state index in [4.69, 9.17) is 0 Å². The van der Waals surface area contributed by atoms with Crippen LogP contribution in [0.4, 0.5) is 5.13 Å². The van der Waals surface area contributed by atoms with Crippen molar-refractivity contribution in [3.63, 3.8) is 0 Å². The Labute approximate surface area is 168 Å². The summed E-state index contributed by atoms with van der Waals surface area (Å²) in [5.74, 6) is 2.25. The first-order valence-corrected chi connectivity index (χ1v) is 11.0. The van der Waals surface area contributed by atoms with Crippen LogP contribution in [0.5, 0.6) is 0 Å². The molecule has 0 aromatic carbocycles. The largest absolute Gasteiger partial charge is 0.354 e. The molecule has 0 aliphatic heterocycles. The minimum absolute atomic E-state index is 0.0367. The number of aromatic nitrogens is 3. The van der Waals surface area contributed by atoms with E-state index < -0.39 is 0 Å². The molecule has 4 aliphatic carbocycles. The third-order valence-corrected chi connectivity index (χ3v) is 8.24. The summed E-state index contributed by atoms with van der Waals surface area (Å²) in [6, 6.07) is 0. The number of ketones is 1. The third kappa shape index (κ3) is 2.74. The molecule has 0 unspecified atom stereocenters. The first-order valence-electron chi connectivity index (χ1n) is 10.2. The average Bonchev–Trinajstić information content (AvgIpc) is 3.18. The van der Waals surface area contributed by atoms with Crippen LogP contribution in [0.25, 0.3) is 0 Å². The van der Waals surface area contributed by atoms with E-state index in [9.17, 15) is 9.59 Å². The lowest BCUT2D eigenvalue weighted by Gasteiger charge is -2.55. The van der Waals surface area contributed by atoms with Crippen LogP contribution in [-0.2, 0) is 5.41 Å². The third-order valence-electron chi connectivity index (χ3n) is 7.15. The lowest BCUT2D eigenvalue weighted by atomic mass is 9.50. The summed E-state index contributed by atoms with van der Waals surface area (Å²) >= 11 is 1.53. The molecule has 6 nitrogen and oxygen atoms in total. The number of hydrogen-bond donors (Lipinski definition) is 2. The van der Waals surface area contributed by atoms with Gasteiger partial charge >= 0.3 is 0 Å². The van der Waals surface area contributed by atoms with Gasteiger partial charge in [-0.2, -0.15) is 0 Å². The molecule has 2 N–H and O–H groups in total. The Hall–Kier alpha value is -2.02. The van der Waals surface area contributed by atoms with E-state index >= 15 is 0 Å². The van der Waals surface area contributed by atoms with Gasteiger partial charge in [-0.3, -0.25) is 14.9 Å². The highest BCUT2D eigenvalue weighted by Crippen LogP contribution is 2.61. The van der Waals surface area contributed by atoms with Gasteiger partial charge in [0.15, 0.2) is 5.78 Å². The maximum atomic E-state index is 12.8. The van der Waals surface area contributed by atoms with Gasteiger partial charge in [-0.25, -0.2) is 0 Å². The highest BCUT2D eigenvalue weighted by Gasteiger charge is 2.53. The first-order chi connectivity index (χ1) is 13.3. The van der Waals surface area contributed by atoms with Gasteiger partial charge in [0.2, 0.25) is 5.13 Å². The number of amides is 1. The predicted molar refractivity (Wildman–Crippen MR) is 108 cm³/mol. The van der Waals surface area contributed by atoms with Crippen molar-refractivity contribution in [2.75, 3.05) is 5.32 Å². The minimum Gasteiger partial charge on any atom is -0.354 e. The van der Waals surface area contributed by atoms with Crippen LogP contribution in [0.1, 0.15) is 82.6 Å². The highest BCUT2D eigenvalue weighted by atomic mass is 32.1. The molecule has 2 aromatic heterocycles. The number of H-pyrrole nitrogens is 1. The molecule has 0 saturated heterocycles. The van der Waals surface area contributed by atoms with Gasteiger partial charge in [-0.05, 0) is 82.6 Å². The molecule has 1 amide bonds. The summed E-state index contributed by atoms with van der Waals surface area (Å²) in [4.78, 5) is 27.6. The fourth-order valence-corrected chi connectivity index (χ4v) is 7.48. The van der Waals surface area contributed by atoms with Crippen LogP contribution >= 0.6 is 11.3 Å². The molecule has 0 radical (unpaired) electrons. The number of Topliss-reactive ketones (excluding diaryl/α,β-unsaturated/α-hetero) is 1. The van der Waals surface area contributed by atoms with Crippen LogP contribution < -0.4 is 5.32 Å². The monoisotopic (exact) mass is 398 g/mol. The van der Waals surface area contributed by atoms with Crippen molar-refractivity contribution >= 4 is 28.2 Å². The molecular formula is C21H26N4O2S. The molecule has 4 aliphatic rings. The van der Waals surface area contributed by atoms with Crippen molar-refractivity contribution in [1.29, 1.82) is 0 Å². The number of hydrogen-bond acceptors (Lipinski definition) is 5. The minimum atomic E-state index is -0.263. The van der Waals surface area contributed by atoms with E-state index in [0.29, 0.717) is 22.0 Å². The molecular weight excluding hydrogens is 372 g/mol. The maximum absolute atomic E-state index is 12.8. The van der Waals surface area contributed by atoms with Gasteiger partial charge in [-0.1, -0.05) is 11.3 Å². The number of nitrogens with zero attached hydrogens (tertiary/aromatic N) is 2. The normalized spacial score (nSPS) is 30.6. The Morgan fingerprint density at radius 2 is 1.68 bits per heavy atom. The second-order valence-corrected chi connectivity index (χ2v) is 10.2. The molecule has 2 aromatic rings. The Bertz CT molecular complexity index is 938. The molecule has 0 atom stereocenters. The summed E-state index contributed by atoms with van der Waals surface area (Å²) in [6.45, 7) is 5.14. The average molecular weight is 399 g/mol. The van der Waals surface area contributed by atoms with Crippen LogP contribution in [0.15, 0.2) is 0 Å². The second kappa shape index (κ2) is 6.24. The first kappa shape index (κ1) is 18.0. The SMILES string of the molecule is CC(=O)c1c(C)[nH]c(C(=O)Nc2nnc(C34CC5CC(CC(C5)C3)C4)s2)c1C. The number of aryl methyl sites for hydroxylation is 1. The lowest BCUT2D eigenvalue weighted by Crippen LogP contribution is -2.48. The van der Waals surface area contributed by atoms with Crippen LogP contribution in [0, 0.1) is 31.6 Å². The van der Waals surface area contributed by atoms with Crippen LogP contribution in [-0.4, -0.2) is 26.9 Å². The van der Waals surface area contributed by atoms with Gasteiger partial charge < -0.3 is 4.98 Å². The molecule has 0 spiro atoms. The predicted octanol–water partition coefficient (Wildman–Crippen LogP) is 4.41. The van der Waals surface area contributed by atoms with Crippen LogP contribution in [0.2, 0.25) is 0 Å². The Morgan fingerprint density at radius 1 is 1.07 bits per heavy atom. The molecule has 4 bridgehead atoms. The number of carbonyl (C=O) groups excluding carboxylic acids is 2. The standard InChI is InChI=1S/C21H26N4O2S/c1-10-16(12(3)26)11(2)22-17(10)18(27)23-20-25-24-19(28-20)21-7-13-4-14(8-21)6-15(5-13)9-21/h13-15,22H,4-9H2,1-3H3,(H,23,25,27). The topological polar surface area (TPSA) is 87.7 Å². The summed E-state index contributed by atoms with van der Waals surface area (Å²) in [5.41, 5.74) is 2.62. The zero-order valence-electron chi connectivity index (χ0n) is 16.6. The summed E-state index contributed by atoms with van der Waals surface area (Å²) in [6.07, 6.45) is 7.89. The Morgan fingerprint density at radius 3 is 2.21 bits per heavy atom. The van der Waals surface area contributed by atoms with Crippen molar-refractivity contribution in [2.24, 2.45) is 17.8 Å². The quantitative estimate of drug-likeness (QED) is 0.747. The number of carbonyl (C=O) groups is 2. The van der Waals surface area contributed by atoms with Crippen molar-refractivity contribution in [3.8, 4) is 0 Å². The van der Waals surface area contributed by atoms with Gasteiger partial charge in [-0.15, -0.1) is 10.2 Å². The van der Waals surface area contributed by atoms with E-state index in [-0.39, 0.29) is 17.1 Å². The van der Waals surface area contributed by atoms with Gasteiger partial charge in [0.1, 0.15) is 10.7 Å². The lowest BCUT2D eigenvalue weighted by molar-refractivity contribution is -0.00555. The fraction of sp³-hybridized carbons (Fsp3) is 0.619.